The Bertz CT molecular complexity index is 311. The molecule has 0 heterocycles. The van der Waals surface area contributed by atoms with Crippen molar-refractivity contribution in [3.63, 3.8) is 0 Å². The van der Waals surface area contributed by atoms with Crippen molar-refractivity contribution < 1.29 is 5.11 Å². The van der Waals surface area contributed by atoms with Gasteiger partial charge in [-0.3, -0.25) is 0 Å². The van der Waals surface area contributed by atoms with Gasteiger partial charge >= 0.3 is 0 Å². The highest BCUT2D eigenvalue weighted by Crippen LogP contribution is 2.36. The van der Waals surface area contributed by atoms with E-state index in [0.29, 0.717) is 0 Å². The van der Waals surface area contributed by atoms with Crippen LogP contribution >= 0.6 is 0 Å². The van der Waals surface area contributed by atoms with Crippen LogP contribution in [0.15, 0.2) is 29.4 Å². The Morgan fingerprint density at radius 2 is 1.71 bits per heavy atom. The van der Waals surface area contributed by atoms with E-state index >= 15 is 0 Å². The molecular weight excluding hydrogens is 178 g/mol. The Morgan fingerprint density at radius 3 is 2.07 bits per heavy atom. The number of rotatable bonds is 2. The molecule has 1 rings (SSSR count). The summed E-state index contributed by atoms with van der Waals surface area (Å²) in [6.45, 7) is 5.89. The predicted molar refractivity (Wildman–Crippen MR) is 56.1 cm³/mol. The Balaban J connectivity index is 3.02. The van der Waals surface area contributed by atoms with Crippen molar-refractivity contribution in [2.45, 2.75) is 26.8 Å². The quantitative estimate of drug-likeness (QED) is 0.733. The van der Waals surface area contributed by atoms with Crippen LogP contribution in [0.4, 0.5) is 0 Å². The van der Waals surface area contributed by atoms with Crippen molar-refractivity contribution in [2.75, 3.05) is 0 Å². The van der Waals surface area contributed by atoms with Gasteiger partial charge in [-0.2, -0.15) is 4.91 Å². The fourth-order valence-electron chi connectivity index (χ4n) is 1.38. The monoisotopic (exact) mass is 193 g/mol. The van der Waals surface area contributed by atoms with Crippen LogP contribution in [-0.4, -0.2) is 5.11 Å². The second-order valence-corrected chi connectivity index (χ2v) is 4.47. The molecule has 0 aliphatic carbocycles. The van der Waals surface area contributed by atoms with Gasteiger partial charge in [0.2, 0.25) is 0 Å². The normalized spacial score (nSPS) is 13.6. The minimum atomic E-state index is -0.372. The highest BCUT2D eigenvalue weighted by Gasteiger charge is 2.27. The molecular formula is C11H15NO2. The van der Waals surface area contributed by atoms with E-state index in [0.717, 1.165) is 5.56 Å². The summed E-state index contributed by atoms with van der Waals surface area (Å²) in [5, 5.41) is 12.2. The molecule has 1 N–H and O–H groups in total. The third-order valence-corrected chi connectivity index (χ3v) is 2.13. The van der Waals surface area contributed by atoms with Crippen LogP contribution in [0.5, 0.6) is 5.75 Å². The molecule has 1 aromatic carbocycles. The molecule has 0 spiro atoms. The van der Waals surface area contributed by atoms with Crippen LogP contribution in [0.2, 0.25) is 0 Å². The van der Waals surface area contributed by atoms with E-state index in [4.69, 9.17) is 5.11 Å². The molecule has 3 heteroatoms. The average Bonchev–Trinajstić information content (AvgIpc) is 2.07. The van der Waals surface area contributed by atoms with Gasteiger partial charge in [0, 0.05) is 0 Å². The molecule has 0 fully saturated rings. The third-order valence-electron chi connectivity index (χ3n) is 2.13. The topological polar surface area (TPSA) is 49.7 Å². The highest BCUT2D eigenvalue weighted by molar-refractivity contribution is 5.29. The first-order chi connectivity index (χ1) is 6.45. The lowest BCUT2D eigenvalue weighted by molar-refractivity contribution is 0.327. The first-order valence-corrected chi connectivity index (χ1v) is 4.56. The van der Waals surface area contributed by atoms with E-state index in [-0.39, 0.29) is 17.2 Å². The third kappa shape index (κ3) is 2.31. The number of phenolic OH excluding ortho intramolecular Hbond substituents is 1. The van der Waals surface area contributed by atoms with Gasteiger partial charge in [0.15, 0.2) is 0 Å². The molecule has 76 valence electrons. The van der Waals surface area contributed by atoms with Gasteiger partial charge in [-0.1, -0.05) is 38.1 Å². The second kappa shape index (κ2) is 3.78. The number of aromatic hydroxyl groups is 1. The first kappa shape index (κ1) is 10.7. The highest BCUT2D eigenvalue weighted by atomic mass is 16.3. The summed E-state index contributed by atoms with van der Waals surface area (Å²) < 4.78 is 0. The number of nitrogens with zero attached hydrogens (tertiary/aromatic N) is 1. The summed E-state index contributed by atoms with van der Waals surface area (Å²) in [6, 6.07) is 6.22. The Hall–Kier alpha value is -1.38. The first-order valence-electron chi connectivity index (χ1n) is 4.56. The Morgan fingerprint density at radius 1 is 1.21 bits per heavy atom. The van der Waals surface area contributed by atoms with Gasteiger partial charge in [0.05, 0.1) is 0 Å². The van der Waals surface area contributed by atoms with Crippen LogP contribution in [0.1, 0.15) is 32.4 Å². The fourth-order valence-corrected chi connectivity index (χ4v) is 1.38. The molecule has 0 aliphatic rings. The maximum Gasteiger partial charge on any atom is 0.122 e. The average molecular weight is 193 g/mol. The zero-order valence-corrected chi connectivity index (χ0v) is 8.69. The number of benzene rings is 1. The van der Waals surface area contributed by atoms with E-state index in [9.17, 15) is 4.91 Å². The lowest BCUT2D eigenvalue weighted by atomic mass is 9.83. The van der Waals surface area contributed by atoms with Gasteiger partial charge in [-0.25, -0.2) is 0 Å². The van der Waals surface area contributed by atoms with Gasteiger partial charge < -0.3 is 5.11 Å². The molecule has 1 atom stereocenters. The van der Waals surface area contributed by atoms with Crippen LogP contribution in [0, 0.1) is 10.3 Å². The van der Waals surface area contributed by atoms with Gasteiger partial charge in [0.1, 0.15) is 11.8 Å². The second-order valence-electron chi connectivity index (χ2n) is 4.47. The number of phenols is 1. The minimum absolute atomic E-state index is 0.196. The lowest BCUT2D eigenvalue weighted by Crippen LogP contribution is -2.15. The molecule has 14 heavy (non-hydrogen) atoms. The Labute approximate surface area is 83.7 Å². The van der Waals surface area contributed by atoms with Crippen molar-refractivity contribution in [1.82, 2.24) is 0 Å². The summed E-state index contributed by atoms with van der Waals surface area (Å²) in [6.07, 6.45) is 0. The lowest BCUT2D eigenvalue weighted by Gasteiger charge is -2.24. The summed E-state index contributed by atoms with van der Waals surface area (Å²) >= 11 is 0. The number of hydrogen-bond acceptors (Lipinski definition) is 3. The molecule has 1 aromatic rings. The summed E-state index contributed by atoms with van der Waals surface area (Å²) in [4.78, 5) is 10.7. The van der Waals surface area contributed by atoms with Crippen molar-refractivity contribution in [3.8, 4) is 5.75 Å². The molecule has 1 unspecified atom stereocenters. The number of hydrogen-bond donors (Lipinski definition) is 1. The minimum Gasteiger partial charge on any atom is -0.508 e. The Kier molecular flexibility index (Phi) is 2.89. The van der Waals surface area contributed by atoms with Crippen molar-refractivity contribution in [2.24, 2.45) is 10.6 Å². The van der Waals surface area contributed by atoms with Crippen molar-refractivity contribution >= 4 is 0 Å². The molecule has 0 aromatic heterocycles. The molecule has 0 saturated carbocycles. The van der Waals surface area contributed by atoms with Crippen LogP contribution in [-0.2, 0) is 0 Å². The molecule has 0 bridgehead atoms. The fraction of sp³-hybridized carbons (Fsp3) is 0.455. The van der Waals surface area contributed by atoms with E-state index in [1.54, 1.807) is 24.3 Å². The zero-order chi connectivity index (χ0) is 10.8. The maximum atomic E-state index is 10.7. The van der Waals surface area contributed by atoms with Crippen LogP contribution < -0.4 is 0 Å². The molecule has 3 nitrogen and oxygen atoms in total. The van der Waals surface area contributed by atoms with E-state index < -0.39 is 0 Å². The van der Waals surface area contributed by atoms with E-state index in [2.05, 4.69) is 5.18 Å². The summed E-state index contributed by atoms with van der Waals surface area (Å²) in [5.41, 5.74) is 0.643. The van der Waals surface area contributed by atoms with Gasteiger partial charge in [0.25, 0.3) is 0 Å². The standard InChI is InChI=1S/C11H15NO2/c1-11(2,3)10(12-14)8-4-6-9(13)7-5-8/h4-7,10,13H,1-3H3. The molecule has 0 amide bonds. The maximum absolute atomic E-state index is 10.7. The summed E-state index contributed by atoms with van der Waals surface area (Å²) in [7, 11) is 0. The van der Waals surface area contributed by atoms with E-state index in [1.165, 1.54) is 0 Å². The van der Waals surface area contributed by atoms with Crippen molar-refractivity contribution in [3.05, 3.63) is 34.7 Å². The zero-order valence-electron chi connectivity index (χ0n) is 8.69. The van der Waals surface area contributed by atoms with Gasteiger partial charge in [-0.15, -0.1) is 0 Å². The van der Waals surface area contributed by atoms with Crippen molar-refractivity contribution in [1.29, 1.82) is 0 Å². The number of nitroso groups, excluding NO2 is 1. The SMILES string of the molecule is CC(C)(C)C(N=O)c1ccc(O)cc1. The predicted octanol–water partition coefficient (Wildman–Crippen LogP) is 3.25. The smallest absolute Gasteiger partial charge is 0.122 e. The van der Waals surface area contributed by atoms with E-state index in [1.807, 2.05) is 20.8 Å². The molecule has 0 radical (unpaired) electrons. The van der Waals surface area contributed by atoms with Gasteiger partial charge in [-0.05, 0) is 23.1 Å². The van der Waals surface area contributed by atoms with Crippen LogP contribution in [0.3, 0.4) is 0 Å². The molecule has 0 aliphatic heterocycles. The van der Waals surface area contributed by atoms with Crippen LogP contribution in [0.25, 0.3) is 0 Å². The largest absolute Gasteiger partial charge is 0.508 e. The summed E-state index contributed by atoms with van der Waals surface area (Å²) in [5.74, 6) is 0.201. The molecule has 0 saturated heterocycles.